The molecule has 0 saturated heterocycles. The van der Waals surface area contributed by atoms with Gasteiger partial charge in [0.15, 0.2) is 23.0 Å². The zero-order chi connectivity index (χ0) is 23.4. The van der Waals surface area contributed by atoms with Gasteiger partial charge in [-0.25, -0.2) is 9.59 Å². The number of carbonyl (C=O) groups is 2. The first-order valence-electron chi connectivity index (χ1n) is 9.54. The fourth-order valence-corrected chi connectivity index (χ4v) is 3.36. The Kier molecular flexibility index (Phi) is 6.53. The molecule has 0 aromatic heterocycles. The summed E-state index contributed by atoms with van der Waals surface area (Å²) in [5, 5.41) is 30.0. The van der Waals surface area contributed by atoms with Gasteiger partial charge in [0.1, 0.15) is 6.61 Å². The molecule has 3 aromatic carbocycles. The van der Waals surface area contributed by atoms with E-state index in [1.165, 1.54) is 38.5 Å². The van der Waals surface area contributed by atoms with Gasteiger partial charge in [-0.05, 0) is 42.3 Å². The van der Waals surface area contributed by atoms with Gasteiger partial charge in [-0.2, -0.15) is 0 Å². The van der Waals surface area contributed by atoms with Crippen LogP contribution in [0, 0.1) is 6.92 Å². The summed E-state index contributed by atoms with van der Waals surface area (Å²) in [4.78, 5) is 24.2. The molecule has 0 amide bonds. The maximum absolute atomic E-state index is 12.5. The van der Waals surface area contributed by atoms with E-state index in [2.05, 4.69) is 0 Å². The fourth-order valence-electron chi connectivity index (χ4n) is 3.36. The van der Waals surface area contributed by atoms with Crippen molar-refractivity contribution in [3.8, 4) is 34.1 Å². The van der Waals surface area contributed by atoms with Crippen molar-refractivity contribution < 1.29 is 39.1 Å². The van der Waals surface area contributed by atoms with Crippen LogP contribution in [0.15, 0.2) is 48.5 Å². The van der Waals surface area contributed by atoms with Crippen LogP contribution in [-0.4, -0.2) is 41.5 Å². The van der Waals surface area contributed by atoms with Gasteiger partial charge in [-0.3, -0.25) is 0 Å². The van der Waals surface area contributed by atoms with Crippen molar-refractivity contribution in [2.24, 2.45) is 0 Å². The number of phenolic OH excluding ortho intramolecular Hbond substituents is 2. The summed E-state index contributed by atoms with van der Waals surface area (Å²) in [5.74, 6) is -1.92. The standard InChI is InChI=1S/C24H22O8/c1-13-17(23(27)28)11-18(21(26)22(13)31-3)16-7-5-4-6-15(16)12-32-24(29)14-8-9-19(25)20(10-14)30-2/h4-11,25-26H,12H2,1-3H3,(H,27,28). The predicted molar refractivity (Wildman–Crippen MR) is 116 cm³/mol. The molecule has 166 valence electrons. The monoisotopic (exact) mass is 438 g/mol. The second kappa shape index (κ2) is 9.30. The van der Waals surface area contributed by atoms with Crippen LogP contribution in [0.5, 0.6) is 23.0 Å². The first-order chi connectivity index (χ1) is 15.3. The van der Waals surface area contributed by atoms with Crippen molar-refractivity contribution >= 4 is 11.9 Å². The summed E-state index contributed by atoms with van der Waals surface area (Å²) >= 11 is 0. The highest BCUT2D eigenvalue weighted by atomic mass is 16.5. The van der Waals surface area contributed by atoms with E-state index in [4.69, 9.17) is 14.2 Å². The fraction of sp³-hybridized carbons (Fsp3) is 0.167. The van der Waals surface area contributed by atoms with Crippen LogP contribution in [0.2, 0.25) is 0 Å². The lowest BCUT2D eigenvalue weighted by Gasteiger charge is -2.17. The molecular formula is C24H22O8. The van der Waals surface area contributed by atoms with Crippen LogP contribution in [-0.2, 0) is 11.3 Å². The molecule has 0 spiro atoms. The van der Waals surface area contributed by atoms with E-state index in [1.807, 2.05) is 0 Å². The van der Waals surface area contributed by atoms with Crippen LogP contribution in [0.3, 0.4) is 0 Å². The van der Waals surface area contributed by atoms with Crippen molar-refractivity contribution in [2.75, 3.05) is 14.2 Å². The largest absolute Gasteiger partial charge is 0.504 e. The molecule has 0 heterocycles. The number of esters is 1. The van der Waals surface area contributed by atoms with Crippen molar-refractivity contribution in [3.63, 3.8) is 0 Å². The summed E-state index contributed by atoms with van der Waals surface area (Å²) in [5.41, 5.74) is 1.74. The number of benzene rings is 3. The number of carboxylic acids is 1. The highest BCUT2D eigenvalue weighted by molar-refractivity contribution is 5.94. The van der Waals surface area contributed by atoms with Crippen LogP contribution in [0.4, 0.5) is 0 Å². The summed E-state index contributed by atoms with van der Waals surface area (Å²) < 4.78 is 15.6. The molecule has 3 N–H and O–H groups in total. The third-order valence-corrected chi connectivity index (χ3v) is 5.02. The molecule has 0 unspecified atom stereocenters. The quantitative estimate of drug-likeness (QED) is 0.470. The predicted octanol–water partition coefficient (Wildman–Crippen LogP) is 4.15. The third-order valence-electron chi connectivity index (χ3n) is 5.02. The average Bonchev–Trinajstić information content (AvgIpc) is 2.78. The van der Waals surface area contributed by atoms with Gasteiger partial charge < -0.3 is 29.5 Å². The normalized spacial score (nSPS) is 10.5. The van der Waals surface area contributed by atoms with Crippen molar-refractivity contribution in [3.05, 3.63) is 70.8 Å². The molecule has 0 saturated carbocycles. The topological polar surface area (TPSA) is 123 Å². The Morgan fingerprint density at radius 3 is 2.31 bits per heavy atom. The number of phenols is 2. The lowest BCUT2D eigenvalue weighted by atomic mass is 9.94. The molecule has 8 nitrogen and oxygen atoms in total. The minimum absolute atomic E-state index is 0.0161. The number of hydrogen-bond acceptors (Lipinski definition) is 7. The van der Waals surface area contributed by atoms with E-state index < -0.39 is 11.9 Å². The SMILES string of the molecule is COc1cc(C(=O)OCc2ccccc2-c2cc(C(=O)O)c(C)c(OC)c2O)ccc1O. The molecule has 8 heteroatoms. The van der Waals surface area contributed by atoms with E-state index in [9.17, 15) is 24.9 Å². The minimum atomic E-state index is -1.16. The van der Waals surface area contributed by atoms with Gasteiger partial charge in [-0.15, -0.1) is 0 Å². The second-order valence-corrected chi connectivity index (χ2v) is 6.90. The van der Waals surface area contributed by atoms with E-state index in [0.29, 0.717) is 16.7 Å². The van der Waals surface area contributed by atoms with E-state index in [0.717, 1.165) is 0 Å². The Morgan fingerprint density at radius 2 is 1.66 bits per heavy atom. The molecule has 0 fully saturated rings. The van der Waals surface area contributed by atoms with Crippen LogP contribution in [0.1, 0.15) is 31.8 Å². The first-order valence-corrected chi connectivity index (χ1v) is 9.54. The van der Waals surface area contributed by atoms with Crippen molar-refractivity contribution in [1.82, 2.24) is 0 Å². The molecule has 0 bridgehead atoms. The van der Waals surface area contributed by atoms with E-state index in [1.54, 1.807) is 31.2 Å². The molecule has 0 aliphatic heterocycles. The van der Waals surface area contributed by atoms with Crippen LogP contribution < -0.4 is 9.47 Å². The second-order valence-electron chi connectivity index (χ2n) is 6.90. The van der Waals surface area contributed by atoms with Gasteiger partial charge in [0.2, 0.25) is 0 Å². The van der Waals surface area contributed by atoms with Gasteiger partial charge in [0.25, 0.3) is 0 Å². The zero-order valence-corrected chi connectivity index (χ0v) is 17.7. The number of methoxy groups -OCH3 is 2. The molecule has 0 aliphatic carbocycles. The first kappa shape index (κ1) is 22.5. The van der Waals surface area contributed by atoms with Crippen molar-refractivity contribution in [2.45, 2.75) is 13.5 Å². The number of aromatic carboxylic acids is 1. The molecule has 3 aromatic rings. The number of carboxylic acid groups (broad SMARTS) is 1. The van der Waals surface area contributed by atoms with Gasteiger partial charge in [-0.1, -0.05) is 24.3 Å². The average molecular weight is 438 g/mol. The molecule has 3 rings (SSSR count). The Balaban J connectivity index is 1.96. The summed E-state index contributed by atoms with van der Waals surface area (Å²) in [7, 11) is 2.71. The molecule has 0 aliphatic rings. The maximum Gasteiger partial charge on any atom is 0.338 e. The smallest absolute Gasteiger partial charge is 0.338 e. The molecular weight excluding hydrogens is 416 g/mol. The molecule has 0 radical (unpaired) electrons. The Morgan fingerprint density at radius 1 is 0.938 bits per heavy atom. The van der Waals surface area contributed by atoms with Gasteiger partial charge >= 0.3 is 11.9 Å². The Bertz CT molecular complexity index is 1180. The lowest BCUT2D eigenvalue weighted by Crippen LogP contribution is -2.07. The molecule has 0 atom stereocenters. The lowest BCUT2D eigenvalue weighted by molar-refractivity contribution is 0.0472. The number of aromatic hydroxyl groups is 2. The minimum Gasteiger partial charge on any atom is -0.504 e. The summed E-state index contributed by atoms with van der Waals surface area (Å²) in [6, 6.07) is 12.3. The summed E-state index contributed by atoms with van der Waals surface area (Å²) in [6.07, 6.45) is 0. The summed E-state index contributed by atoms with van der Waals surface area (Å²) in [6.45, 7) is 1.40. The third kappa shape index (κ3) is 4.29. The van der Waals surface area contributed by atoms with Gasteiger partial charge in [0.05, 0.1) is 25.3 Å². The number of hydrogen-bond donors (Lipinski definition) is 3. The Hall–Kier alpha value is -4.20. The number of rotatable bonds is 7. The van der Waals surface area contributed by atoms with Crippen molar-refractivity contribution in [1.29, 1.82) is 0 Å². The Labute approximate surface area is 184 Å². The number of ether oxygens (including phenoxy) is 3. The van der Waals surface area contributed by atoms with Crippen LogP contribution >= 0.6 is 0 Å². The highest BCUT2D eigenvalue weighted by Gasteiger charge is 2.22. The van der Waals surface area contributed by atoms with Crippen LogP contribution in [0.25, 0.3) is 11.1 Å². The molecule has 32 heavy (non-hydrogen) atoms. The van der Waals surface area contributed by atoms with E-state index in [-0.39, 0.29) is 46.3 Å². The maximum atomic E-state index is 12.5. The van der Waals surface area contributed by atoms with E-state index >= 15 is 0 Å². The highest BCUT2D eigenvalue weighted by Crippen LogP contribution is 2.42. The number of carbonyl (C=O) groups excluding carboxylic acids is 1. The zero-order valence-electron chi connectivity index (χ0n) is 17.7. The van der Waals surface area contributed by atoms with Gasteiger partial charge in [0, 0.05) is 11.1 Å².